The van der Waals surface area contributed by atoms with Crippen molar-refractivity contribution >= 4 is 17.2 Å². The first-order chi connectivity index (χ1) is 9.60. The Balaban J connectivity index is 1.83. The van der Waals surface area contributed by atoms with Crippen LogP contribution in [-0.4, -0.2) is 65.1 Å². The van der Waals surface area contributed by atoms with Crippen LogP contribution >= 0.6 is 11.3 Å². The standard InChI is InChI=1S/C14H23N3O2S/c1-11(2)14-15-12(10-20-14)9-13(19)17-5-3-16(4-6-17)7-8-18/h10-11,18H,3-9H2,1-2H3. The molecule has 1 saturated heterocycles. The van der Waals surface area contributed by atoms with E-state index in [0.717, 1.165) is 36.9 Å². The molecule has 0 atom stereocenters. The molecule has 20 heavy (non-hydrogen) atoms. The molecular weight excluding hydrogens is 274 g/mol. The number of hydrogen-bond acceptors (Lipinski definition) is 5. The van der Waals surface area contributed by atoms with Gasteiger partial charge in [0.1, 0.15) is 0 Å². The molecule has 0 unspecified atom stereocenters. The molecule has 112 valence electrons. The molecular formula is C14H23N3O2S. The second-order valence-electron chi connectivity index (χ2n) is 5.45. The van der Waals surface area contributed by atoms with Crippen LogP contribution in [0.3, 0.4) is 0 Å². The third-order valence-electron chi connectivity index (χ3n) is 3.54. The third-order valence-corrected chi connectivity index (χ3v) is 4.73. The highest BCUT2D eigenvalue weighted by atomic mass is 32.1. The first-order valence-corrected chi connectivity index (χ1v) is 8.03. The predicted molar refractivity (Wildman–Crippen MR) is 80.0 cm³/mol. The number of hydrogen-bond donors (Lipinski definition) is 1. The molecule has 0 aromatic carbocycles. The lowest BCUT2D eigenvalue weighted by molar-refractivity contribution is -0.132. The topological polar surface area (TPSA) is 56.7 Å². The number of carbonyl (C=O) groups is 1. The summed E-state index contributed by atoms with van der Waals surface area (Å²) in [5.41, 5.74) is 0.890. The van der Waals surface area contributed by atoms with E-state index >= 15 is 0 Å². The largest absolute Gasteiger partial charge is 0.395 e. The minimum absolute atomic E-state index is 0.161. The van der Waals surface area contributed by atoms with Crippen molar-refractivity contribution in [3.8, 4) is 0 Å². The Morgan fingerprint density at radius 3 is 2.65 bits per heavy atom. The van der Waals surface area contributed by atoms with E-state index in [1.54, 1.807) is 11.3 Å². The van der Waals surface area contributed by atoms with Crippen LogP contribution in [0.1, 0.15) is 30.5 Å². The molecule has 2 rings (SSSR count). The lowest BCUT2D eigenvalue weighted by Gasteiger charge is -2.34. The van der Waals surface area contributed by atoms with Gasteiger partial charge in [0.15, 0.2) is 0 Å². The maximum atomic E-state index is 12.2. The molecule has 0 radical (unpaired) electrons. The Morgan fingerprint density at radius 1 is 1.40 bits per heavy atom. The van der Waals surface area contributed by atoms with E-state index in [0.29, 0.717) is 18.9 Å². The zero-order valence-corrected chi connectivity index (χ0v) is 13.0. The monoisotopic (exact) mass is 297 g/mol. The molecule has 1 amide bonds. The van der Waals surface area contributed by atoms with Crippen molar-refractivity contribution in [1.29, 1.82) is 0 Å². The Labute approximate surface area is 124 Å². The second-order valence-corrected chi connectivity index (χ2v) is 6.34. The number of amides is 1. The average molecular weight is 297 g/mol. The highest BCUT2D eigenvalue weighted by Crippen LogP contribution is 2.19. The Kier molecular flexibility index (Phi) is 5.51. The van der Waals surface area contributed by atoms with Gasteiger partial charge in [0, 0.05) is 44.0 Å². The van der Waals surface area contributed by atoms with Crippen LogP contribution in [0.2, 0.25) is 0 Å². The van der Waals surface area contributed by atoms with Crippen LogP contribution < -0.4 is 0 Å². The third kappa shape index (κ3) is 4.01. The van der Waals surface area contributed by atoms with Gasteiger partial charge < -0.3 is 10.0 Å². The molecule has 6 heteroatoms. The normalized spacial score (nSPS) is 16.9. The van der Waals surface area contributed by atoms with E-state index in [4.69, 9.17) is 5.11 Å². The van der Waals surface area contributed by atoms with Crippen molar-refractivity contribution in [2.75, 3.05) is 39.3 Å². The number of nitrogens with zero attached hydrogens (tertiary/aromatic N) is 3. The van der Waals surface area contributed by atoms with Gasteiger partial charge in [-0.2, -0.15) is 0 Å². The Bertz CT molecular complexity index is 439. The summed E-state index contributed by atoms with van der Waals surface area (Å²) in [6.45, 7) is 8.31. The highest BCUT2D eigenvalue weighted by Gasteiger charge is 2.21. The van der Waals surface area contributed by atoms with Gasteiger partial charge in [-0.25, -0.2) is 4.98 Å². The molecule has 1 fully saturated rings. The lowest BCUT2D eigenvalue weighted by Crippen LogP contribution is -2.49. The highest BCUT2D eigenvalue weighted by molar-refractivity contribution is 7.09. The zero-order chi connectivity index (χ0) is 14.5. The molecule has 1 aliphatic heterocycles. The van der Waals surface area contributed by atoms with Gasteiger partial charge in [-0.15, -0.1) is 11.3 Å². The molecule has 0 aliphatic carbocycles. The molecule has 0 spiro atoms. The summed E-state index contributed by atoms with van der Waals surface area (Å²) in [7, 11) is 0. The fourth-order valence-corrected chi connectivity index (χ4v) is 3.13. The first-order valence-electron chi connectivity index (χ1n) is 7.15. The summed E-state index contributed by atoms with van der Waals surface area (Å²) in [6, 6.07) is 0. The number of thiazole rings is 1. The molecule has 5 nitrogen and oxygen atoms in total. The average Bonchev–Trinajstić information content (AvgIpc) is 2.88. The predicted octanol–water partition coefficient (Wildman–Crippen LogP) is 0.946. The van der Waals surface area contributed by atoms with Gasteiger partial charge in [0.05, 0.1) is 23.7 Å². The van der Waals surface area contributed by atoms with E-state index in [9.17, 15) is 4.79 Å². The van der Waals surface area contributed by atoms with Gasteiger partial charge in [0.2, 0.25) is 5.91 Å². The van der Waals surface area contributed by atoms with Gasteiger partial charge in [0.25, 0.3) is 0 Å². The van der Waals surface area contributed by atoms with Crippen LogP contribution in [0.15, 0.2) is 5.38 Å². The summed E-state index contributed by atoms with van der Waals surface area (Å²) < 4.78 is 0. The number of aliphatic hydroxyl groups is 1. The number of aromatic nitrogens is 1. The van der Waals surface area contributed by atoms with Crippen LogP contribution in [-0.2, 0) is 11.2 Å². The maximum Gasteiger partial charge on any atom is 0.228 e. The Hall–Kier alpha value is -0.980. The number of piperazine rings is 1. The van der Waals surface area contributed by atoms with Crippen molar-refractivity contribution in [2.45, 2.75) is 26.2 Å². The van der Waals surface area contributed by atoms with E-state index in [2.05, 4.69) is 23.7 Å². The van der Waals surface area contributed by atoms with Crippen LogP contribution in [0, 0.1) is 0 Å². The lowest BCUT2D eigenvalue weighted by atomic mass is 10.2. The maximum absolute atomic E-state index is 12.2. The minimum Gasteiger partial charge on any atom is -0.395 e. The summed E-state index contributed by atoms with van der Waals surface area (Å²) in [6.07, 6.45) is 0.406. The van der Waals surface area contributed by atoms with E-state index in [1.807, 2.05) is 10.3 Å². The summed E-state index contributed by atoms with van der Waals surface area (Å²) in [5.74, 6) is 0.583. The van der Waals surface area contributed by atoms with Crippen LogP contribution in [0.5, 0.6) is 0 Å². The molecule has 1 aromatic rings. The van der Waals surface area contributed by atoms with E-state index in [1.165, 1.54) is 0 Å². The molecule has 1 N–H and O–H groups in total. The quantitative estimate of drug-likeness (QED) is 0.879. The van der Waals surface area contributed by atoms with Crippen molar-refractivity contribution in [3.05, 3.63) is 16.1 Å². The van der Waals surface area contributed by atoms with Crippen LogP contribution in [0.4, 0.5) is 0 Å². The number of rotatable bonds is 5. The number of aliphatic hydroxyl groups excluding tert-OH is 1. The van der Waals surface area contributed by atoms with Crippen molar-refractivity contribution in [3.63, 3.8) is 0 Å². The van der Waals surface area contributed by atoms with Crippen molar-refractivity contribution in [1.82, 2.24) is 14.8 Å². The van der Waals surface area contributed by atoms with Crippen molar-refractivity contribution < 1.29 is 9.90 Å². The zero-order valence-electron chi connectivity index (χ0n) is 12.2. The van der Waals surface area contributed by atoms with E-state index < -0.39 is 0 Å². The SMILES string of the molecule is CC(C)c1nc(CC(=O)N2CCN(CCO)CC2)cs1. The summed E-state index contributed by atoms with van der Waals surface area (Å²) in [5, 5.41) is 12.0. The summed E-state index contributed by atoms with van der Waals surface area (Å²) >= 11 is 1.64. The fourth-order valence-electron chi connectivity index (χ4n) is 2.30. The molecule has 1 aliphatic rings. The molecule has 0 saturated carbocycles. The van der Waals surface area contributed by atoms with Gasteiger partial charge in [-0.1, -0.05) is 13.8 Å². The van der Waals surface area contributed by atoms with Gasteiger partial charge >= 0.3 is 0 Å². The molecule has 2 heterocycles. The van der Waals surface area contributed by atoms with Crippen LogP contribution in [0.25, 0.3) is 0 Å². The van der Waals surface area contributed by atoms with Gasteiger partial charge in [-0.05, 0) is 0 Å². The fraction of sp³-hybridized carbons (Fsp3) is 0.714. The smallest absolute Gasteiger partial charge is 0.228 e. The number of β-amino-alcohol motifs (C(OH)–C–C–N with tert-alkyl or cyclic N) is 1. The first kappa shape index (κ1) is 15.4. The molecule has 0 bridgehead atoms. The van der Waals surface area contributed by atoms with Gasteiger partial charge in [-0.3, -0.25) is 9.69 Å². The van der Waals surface area contributed by atoms with Crippen molar-refractivity contribution in [2.24, 2.45) is 0 Å². The van der Waals surface area contributed by atoms with E-state index in [-0.39, 0.29) is 12.5 Å². The Morgan fingerprint density at radius 2 is 2.10 bits per heavy atom. The second kappa shape index (κ2) is 7.15. The number of carbonyl (C=O) groups excluding carboxylic acids is 1. The summed E-state index contributed by atoms with van der Waals surface area (Å²) in [4.78, 5) is 20.8. The molecule has 1 aromatic heterocycles. The minimum atomic E-state index is 0.161.